The Kier molecular flexibility index (Phi) is 9.16. The van der Waals surface area contributed by atoms with Crippen LogP contribution in [0.5, 0.6) is 0 Å². The Morgan fingerprint density at radius 3 is 2.42 bits per heavy atom. The van der Waals surface area contributed by atoms with Crippen molar-refractivity contribution in [2.75, 3.05) is 0 Å². The van der Waals surface area contributed by atoms with E-state index in [1.165, 1.54) is 36.5 Å². The topological polar surface area (TPSA) is 39.1 Å². The zero-order valence-electron chi connectivity index (χ0n) is 23.4. The SMILES string of the molecule is C=CC(=O)CCC1CCC(CCCC(=O)Cn2cc(-c3cccc(-c4ccccc4)c3)c3cc(Br)cc(C)c32)C1. The number of allylic oxidation sites excluding steroid dienone is 1. The van der Waals surface area contributed by atoms with Crippen LogP contribution >= 0.6 is 15.9 Å². The quantitative estimate of drug-likeness (QED) is 0.153. The van der Waals surface area contributed by atoms with Crippen molar-refractivity contribution in [2.45, 2.75) is 64.8 Å². The number of hydrogen-bond acceptors (Lipinski definition) is 2. The predicted octanol–water partition coefficient (Wildman–Crippen LogP) is 9.74. The van der Waals surface area contributed by atoms with Crippen LogP contribution in [0, 0.1) is 18.8 Å². The molecule has 0 aliphatic heterocycles. The minimum absolute atomic E-state index is 0.154. The highest BCUT2D eigenvalue weighted by atomic mass is 79.9. The number of hydrogen-bond donors (Lipinski definition) is 0. The second kappa shape index (κ2) is 13.0. The molecule has 0 bridgehead atoms. The molecular weight excluding hydrogens is 558 g/mol. The summed E-state index contributed by atoms with van der Waals surface area (Å²) in [4.78, 5) is 24.8. The summed E-state index contributed by atoms with van der Waals surface area (Å²) in [6.45, 7) is 6.10. The molecule has 1 heterocycles. The molecule has 4 heteroatoms. The molecule has 40 heavy (non-hydrogen) atoms. The maximum absolute atomic E-state index is 13.2. The van der Waals surface area contributed by atoms with E-state index in [1.807, 2.05) is 6.07 Å². The molecule has 2 atom stereocenters. The molecule has 0 saturated heterocycles. The van der Waals surface area contributed by atoms with Gasteiger partial charge in [0, 0.05) is 34.5 Å². The highest BCUT2D eigenvalue weighted by Crippen LogP contribution is 2.38. The average molecular weight is 597 g/mol. The first kappa shape index (κ1) is 28.3. The van der Waals surface area contributed by atoms with Gasteiger partial charge in [-0.2, -0.15) is 0 Å². The second-order valence-electron chi connectivity index (χ2n) is 11.4. The third-order valence-corrected chi connectivity index (χ3v) is 8.96. The highest BCUT2D eigenvalue weighted by molar-refractivity contribution is 9.10. The molecule has 0 amide bonds. The van der Waals surface area contributed by atoms with Crippen molar-refractivity contribution in [3.05, 3.63) is 95.6 Å². The molecule has 0 radical (unpaired) electrons. The van der Waals surface area contributed by atoms with Gasteiger partial charge in [0.05, 0.1) is 12.1 Å². The predicted molar refractivity (Wildman–Crippen MR) is 169 cm³/mol. The van der Waals surface area contributed by atoms with Crippen molar-refractivity contribution in [2.24, 2.45) is 11.8 Å². The van der Waals surface area contributed by atoms with E-state index in [0.717, 1.165) is 51.3 Å². The van der Waals surface area contributed by atoms with E-state index in [9.17, 15) is 9.59 Å². The Balaban J connectivity index is 1.27. The molecule has 0 spiro atoms. The minimum atomic E-state index is 0.154. The van der Waals surface area contributed by atoms with Gasteiger partial charge in [0.1, 0.15) is 0 Å². The van der Waals surface area contributed by atoms with Crippen molar-refractivity contribution < 1.29 is 9.59 Å². The molecule has 2 unspecified atom stereocenters. The standard InChI is InChI=1S/C36H38BrNO2/c1-3-32(39)18-17-27-16-15-26(20-27)9-7-14-33(40)23-38-24-35(34-22-31(37)19-25(2)36(34)38)30-13-8-12-29(21-30)28-10-5-4-6-11-28/h3-6,8,10-13,19,21-22,24,26-27H,1,7,9,14-18,20,23H2,2H3. The normalized spacial score (nSPS) is 16.9. The third kappa shape index (κ3) is 6.72. The van der Waals surface area contributed by atoms with Gasteiger partial charge in [-0.25, -0.2) is 0 Å². The van der Waals surface area contributed by atoms with Crippen LogP contribution in [0.1, 0.15) is 56.9 Å². The van der Waals surface area contributed by atoms with Gasteiger partial charge in [0.2, 0.25) is 0 Å². The second-order valence-corrected chi connectivity index (χ2v) is 12.3. The number of halogens is 1. The van der Waals surface area contributed by atoms with E-state index in [1.54, 1.807) is 0 Å². The first-order valence-electron chi connectivity index (χ1n) is 14.5. The Morgan fingerprint density at radius 1 is 0.925 bits per heavy atom. The first-order chi connectivity index (χ1) is 19.4. The summed E-state index contributed by atoms with van der Waals surface area (Å²) < 4.78 is 3.21. The number of carbonyl (C=O) groups is 2. The van der Waals surface area contributed by atoms with Crippen molar-refractivity contribution in [1.29, 1.82) is 0 Å². The first-order valence-corrected chi connectivity index (χ1v) is 15.3. The van der Waals surface area contributed by atoms with Gasteiger partial charge < -0.3 is 4.57 Å². The highest BCUT2D eigenvalue weighted by Gasteiger charge is 2.24. The van der Waals surface area contributed by atoms with Crippen LogP contribution in [0.4, 0.5) is 0 Å². The zero-order chi connectivity index (χ0) is 28.1. The molecule has 1 aromatic heterocycles. The molecule has 0 N–H and O–H groups in total. The fourth-order valence-electron chi connectivity index (χ4n) is 6.47. The van der Waals surface area contributed by atoms with Crippen molar-refractivity contribution in [1.82, 2.24) is 4.57 Å². The van der Waals surface area contributed by atoms with E-state index in [2.05, 4.69) is 101 Å². The van der Waals surface area contributed by atoms with Crippen molar-refractivity contribution >= 4 is 38.4 Å². The number of fused-ring (bicyclic) bond motifs is 1. The maximum atomic E-state index is 13.2. The van der Waals surface area contributed by atoms with Gasteiger partial charge in [0.25, 0.3) is 0 Å². The van der Waals surface area contributed by atoms with Crippen LogP contribution in [-0.4, -0.2) is 16.1 Å². The summed E-state index contributed by atoms with van der Waals surface area (Å²) in [6.07, 6.45) is 11.5. The molecule has 5 rings (SSSR count). The summed E-state index contributed by atoms with van der Waals surface area (Å²) in [5.41, 5.74) is 6.97. The maximum Gasteiger partial charge on any atom is 0.155 e. The largest absolute Gasteiger partial charge is 0.339 e. The molecule has 3 nitrogen and oxygen atoms in total. The molecule has 4 aromatic rings. The molecule has 206 valence electrons. The average Bonchev–Trinajstić information content (AvgIpc) is 3.56. The van der Waals surface area contributed by atoms with Gasteiger partial charge in [-0.1, -0.05) is 90.3 Å². The van der Waals surface area contributed by atoms with E-state index in [4.69, 9.17) is 0 Å². The van der Waals surface area contributed by atoms with Crippen molar-refractivity contribution in [3.8, 4) is 22.3 Å². The third-order valence-electron chi connectivity index (χ3n) is 8.50. The number of aryl methyl sites for hydroxylation is 1. The monoisotopic (exact) mass is 595 g/mol. The molecule has 1 saturated carbocycles. The van der Waals surface area contributed by atoms with E-state index in [-0.39, 0.29) is 11.6 Å². The van der Waals surface area contributed by atoms with Gasteiger partial charge in [-0.05, 0) is 84.6 Å². The number of Topliss-reactive ketones (excluding diaryl/α,β-unsaturated/α-hetero) is 1. The minimum Gasteiger partial charge on any atom is -0.339 e. The Morgan fingerprint density at radius 2 is 1.65 bits per heavy atom. The number of benzene rings is 3. The van der Waals surface area contributed by atoms with Crippen LogP contribution in [0.25, 0.3) is 33.2 Å². The molecule has 1 fully saturated rings. The smallest absolute Gasteiger partial charge is 0.155 e. The number of carbonyl (C=O) groups excluding carboxylic acids is 2. The van der Waals surface area contributed by atoms with Crippen LogP contribution in [0.3, 0.4) is 0 Å². The molecule has 1 aliphatic carbocycles. The Bertz CT molecular complexity index is 1520. The number of aromatic nitrogens is 1. The number of nitrogens with zero attached hydrogens (tertiary/aromatic N) is 1. The zero-order valence-corrected chi connectivity index (χ0v) is 25.0. The molecular formula is C36H38BrNO2. The summed E-state index contributed by atoms with van der Waals surface area (Å²) in [7, 11) is 0. The summed E-state index contributed by atoms with van der Waals surface area (Å²) >= 11 is 3.69. The fourth-order valence-corrected chi connectivity index (χ4v) is 7.04. The Hall–Kier alpha value is -3.24. The summed E-state index contributed by atoms with van der Waals surface area (Å²) in [5, 5.41) is 1.16. The number of ketones is 2. The lowest BCUT2D eigenvalue weighted by Gasteiger charge is -2.11. The number of rotatable bonds is 12. The van der Waals surface area contributed by atoms with Crippen LogP contribution in [0.2, 0.25) is 0 Å². The van der Waals surface area contributed by atoms with Gasteiger partial charge >= 0.3 is 0 Å². The van der Waals surface area contributed by atoms with Crippen LogP contribution in [0.15, 0.2) is 90.1 Å². The summed E-state index contributed by atoms with van der Waals surface area (Å²) in [5.74, 6) is 1.78. The van der Waals surface area contributed by atoms with E-state index >= 15 is 0 Å². The van der Waals surface area contributed by atoms with Gasteiger partial charge in [0.15, 0.2) is 11.6 Å². The molecule has 3 aromatic carbocycles. The molecule has 1 aliphatic rings. The lowest BCUT2D eigenvalue weighted by atomic mass is 9.95. The van der Waals surface area contributed by atoms with Crippen LogP contribution in [-0.2, 0) is 16.1 Å². The Labute approximate surface area is 246 Å². The lowest BCUT2D eigenvalue weighted by molar-refractivity contribution is -0.119. The van der Waals surface area contributed by atoms with Gasteiger partial charge in [-0.15, -0.1) is 0 Å². The summed E-state index contributed by atoms with van der Waals surface area (Å²) in [6, 6.07) is 23.4. The fraction of sp³-hybridized carbons (Fsp3) is 0.333. The van der Waals surface area contributed by atoms with E-state index in [0.29, 0.717) is 31.2 Å². The van der Waals surface area contributed by atoms with Gasteiger partial charge in [-0.3, -0.25) is 9.59 Å². The lowest BCUT2D eigenvalue weighted by Crippen LogP contribution is -2.10. The van der Waals surface area contributed by atoms with E-state index < -0.39 is 0 Å². The van der Waals surface area contributed by atoms with Crippen molar-refractivity contribution in [3.63, 3.8) is 0 Å². The van der Waals surface area contributed by atoms with Crippen LogP contribution < -0.4 is 0 Å².